The van der Waals surface area contributed by atoms with Crippen LogP contribution in [0.4, 0.5) is 0 Å². The molecule has 4 heteroatoms. The molecule has 0 radical (unpaired) electrons. The predicted octanol–water partition coefficient (Wildman–Crippen LogP) is 2.00. The maximum Gasteiger partial charge on any atom is 0.357 e. The molecule has 0 bridgehead atoms. The van der Waals surface area contributed by atoms with Gasteiger partial charge < -0.3 is 4.74 Å². The van der Waals surface area contributed by atoms with Crippen molar-refractivity contribution in [1.82, 2.24) is 9.97 Å². The van der Waals surface area contributed by atoms with Gasteiger partial charge in [0.05, 0.1) is 6.61 Å². The van der Waals surface area contributed by atoms with Gasteiger partial charge in [0, 0.05) is 12.6 Å². The molecule has 0 spiro atoms. The summed E-state index contributed by atoms with van der Waals surface area (Å²) in [5, 5.41) is 0. The molecule has 2 rings (SSSR count). The zero-order valence-corrected chi connectivity index (χ0v) is 9.48. The van der Waals surface area contributed by atoms with Crippen LogP contribution in [0, 0.1) is 5.92 Å². The van der Waals surface area contributed by atoms with Crippen molar-refractivity contribution in [2.24, 2.45) is 5.92 Å². The summed E-state index contributed by atoms with van der Waals surface area (Å²) in [5.74, 6) is 1.24. The predicted molar refractivity (Wildman–Crippen MR) is 59.0 cm³/mol. The summed E-state index contributed by atoms with van der Waals surface area (Å²) >= 11 is 0. The van der Waals surface area contributed by atoms with Crippen LogP contribution in [-0.2, 0) is 11.2 Å². The van der Waals surface area contributed by atoms with Gasteiger partial charge in [-0.2, -0.15) is 0 Å². The van der Waals surface area contributed by atoms with Crippen molar-refractivity contribution in [3.05, 3.63) is 23.8 Å². The van der Waals surface area contributed by atoms with E-state index in [-0.39, 0.29) is 5.97 Å². The highest BCUT2D eigenvalue weighted by Gasteiger charge is 2.21. The van der Waals surface area contributed by atoms with E-state index in [1.165, 1.54) is 12.8 Å². The standard InChI is InChI=1S/C12H16N2O2/c1-2-16-12(15)10-7-8-13-11(14-10)6-5-9-3-4-9/h7-9H,2-6H2,1H3. The van der Waals surface area contributed by atoms with Crippen molar-refractivity contribution >= 4 is 5.97 Å². The third kappa shape index (κ3) is 3.02. The Labute approximate surface area is 95.1 Å². The van der Waals surface area contributed by atoms with Crippen molar-refractivity contribution in [2.75, 3.05) is 6.61 Å². The van der Waals surface area contributed by atoms with Crippen LogP contribution >= 0.6 is 0 Å². The molecule has 1 fully saturated rings. The van der Waals surface area contributed by atoms with Crippen molar-refractivity contribution < 1.29 is 9.53 Å². The molecule has 0 saturated heterocycles. The Morgan fingerprint density at radius 2 is 2.38 bits per heavy atom. The summed E-state index contributed by atoms with van der Waals surface area (Å²) in [7, 11) is 0. The van der Waals surface area contributed by atoms with Gasteiger partial charge in [0.15, 0.2) is 5.69 Å². The lowest BCUT2D eigenvalue weighted by atomic mass is 10.2. The molecule has 1 aromatic rings. The molecule has 16 heavy (non-hydrogen) atoms. The van der Waals surface area contributed by atoms with E-state index < -0.39 is 0 Å². The molecule has 0 atom stereocenters. The zero-order valence-electron chi connectivity index (χ0n) is 9.48. The lowest BCUT2D eigenvalue weighted by Crippen LogP contribution is -2.09. The number of nitrogens with zero attached hydrogens (tertiary/aromatic N) is 2. The SMILES string of the molecule is CCOC(=O)c1ccnc(CCC2CC2)n1. The fraction of sp³-hybridized carbons (Fsp3) is 0.583. The number of aromatic nitrogens is 2. The van der Waals surface area contributed by atoms with Gasteiger partial charge in [0.25, 0.3) is 0 Å². The van der Waals surface area contributed by atoms with Crippen LogP contribution in [0.1, 0.15) is 42.5 Å². The number of hydrogen-bond acceptors (Lipinski definition) is 4. The van der Waals surface area contributed by atoms with Gasteiger partial charge in [0.1, 0.15) is 5.82 Å². The minimum absolute atomic E-state index is 0.363. The molecule has 0 amide bonds. The van der Waals surface area contributed by atoms with E-state index in [0.29, 0.717) is 12.3 Å². The van der Waals surface area contributed by atoms with Crippen molar-refractivity contribution in [2.45, 2.75) is 32.6 Å². The Kier molecular flexibility index (Phi) is 3.49. The van der Waals surface area contributed by atoms with E-state index >= 15 is 0 Å². The van der Waals surface area contributed by atoms with Gasteiger partial charge in [-0.1, -0.05) is 12.8 Å². The first-order chi connectivity index (χ1) is 7.79. The number of carbonyl (C=O) groups excluding carboxylic acids is 1. The summed E-state index contributed by atoms with van der Waals surface area (Å²) in [6.45, 7) is 2.16. The first kappa shape index (κ1) is 11.0. The summed E-state index contributed by atoms with van der Waals surface area (Å²) < 4.78 is 4.89. The van der Waals surface area contributed by atoms with Crippen LogP contribution in [0.2, 0.25) is 0 Å². The molecule has 1 aromatic heterocycles. The van der Waals surface area contributed by atoms with E-state index in [1.54, 1.807) is 19.2 Å². The fourth-order valence-electron chi connectivity index (χ4n) is 1.58. The topological polar surface area (TPSA) is 52.1 Å². The van der Waals surface area contributed by atoms with Gasteiger partial charge in [-0.15, -0.1) is 0 Å². The molecule has 0 N–H and O–H groups in total. The van der Waals surface area contributed by atoms with Crippen LogP contribution in [0.25, 0.3) is 0 Å². The molecule has 1 aliphatic rings. The molecular formula is C12H16N2O2. The van der Waals surface area contributed by atoms with Gasteiger partial charge in [-0.3, -0.25) is 0 Å². The van der Waals surface area contributed by atoms with Crippen LogP contribution < -0.4 is 0 Å². The average Bonchev–Trinajstić information content (AvgIpc) is 3.11. The number of ether oxygens (including phenoxy) is 1. The zero-order chi connectivity index (χ0) is 11.4. The number of esters is 1. The molecule has 0 unspecified atom stereocenters. The van der Waals surface area contributed by atoms with E-state index in [4.69, 9.17) is 4.74 Å². The third-order valence-electron chi connectivity index (χ3n) is 2.66. The minimum atomic E-state index is -0.363. The summed E-state index contributed by atoms with van der Waals surface area (Å²) in [6.07, 6.45) is 6.28. The first-order valence-electron chi connectivity index (χ1n) is 5.78. The Balaban J connectivity index is 1.97. The maximum atomic E-state index is 11.4. The van der Waals surface area contributed by atoms with Crippen molar-refractivity contribution in [3.63, 3.8) is 0 Å². The van der Waals surface area contributed by atoms with Gasteiger partial charge >= 0.3 is 5.97 Å². The molecular weight excluding hydrogens is 204 g/mol. The number of aryl methyl sites for hydroxylation is 1. The number of carbonyl (C=O) groups is 1. The minimum Gasteiger partial charge on any atom is -0.461 e. The molecule has 1 saturated carbocycles. The molecule has 1 aliphatic carbocycles. The highest BCUT2D eigenvalue weighted by molar-refractivity contribution is 5.87. The molecule has 0 aromatic carbocycles. The normalized spacial score (nSPS) is 14.8. The third-order valence-corrected chi connectivity index (χ3v) is 2.66. The van der Waals surface area contributed by atoms with Gasteiger partial charge in [0.2, 0.25) is 0 Å². The van der Waals surface area contributed by atoms with Crippen molar-refractivity contribution in [1.29, 1.82) is 0 Å². The van der Waals surface area contributed by atoms with Crippen LogP contribution in [0.5, 0.6) is 0 Å². The lowest BCUT2D eigenvalue weighted by molar-refractivity contribution is 0.0519. The summed E-state index contributed by atoms with van der Waals surface area (Å²) in [4.78, 5) is 19.8. The Morgan fingerprint density at radius 1 is 1.56 bits per heavy atom. The van der Waals surface area contributed by atoms with Crippen LogP contribution in [0.15, 0.2) is 12.3 Å². The second kappa shape index (κ2) is 5.05. The van der Waals surface area contributed by atoms with Crippen LogP contribution in [-0.4, -0.2) is 22.5 Å². The smallest absolute Gasteiger partial charge is 0.357 e. The Bertz CT molecular complexity index is 375. The number of rotatable bonds is 5. The number of hydrogen-bond donors (Lipinski definition) is 0. The molecule has 1 heterocycles. The highest BCUT2D eigenvalue weighted by Crippen LogP contribution is 2.33. The highest BCUT2D eigenvalue weighted by atomic mass is 16.5. The molecule has 86 valence electrons. The lowest BCUT2D eigenvalue weighted by Gasteiger charge is -2.03. The van der Waals surface area contributed by atoms with E-state index in [0.717, 1.165) is 24.6 Å². The van der Waals surface area contributed by atoms with E-state index in [1.807, 2.05) is 0 Å². The van der Waals surface area contributed by atoms with Gasteiger partial charge in [-0.25, -0.2) is 14.8 Å². The largest absolute Gasteiger partial charge is 0.461 e. The van der Waals surface area contributed by atoms with Crippen LogP contribution in [0.3, 0.4) is 0 Å². The summed E-state index contributed by atoms with van der Waals surface area (Å²) in [5.41, 5.74) is 0.364. The first-order valence-corrected chi connectivity index (χ1v) is 5.78. The van der Waals surface area contributed by atoms with Gasteiger partial charge in [-0.05, 0) is 25.3 Å². The maximum absolute atomic E-state index is 11.4. The average molecular weight is 220 g/mol. The van der Waals surface area contributed by atoms with E-state index in [9.17, 15) is 4.79 Å². The second-order valence-electron chi connectivity index (χ2n) is 4.06. The molecule has 4 nitrogen and oxygen atoms in total. The van der Waals surface area contributed by atoms with E-state index in [2.05, 4.69) is 9.97 Å². The molecule has 0 aliphatic heterocycles. The second-order valence-corrected chi connectivity index (χ2v) is 4.06. The Morgan fingerprint density at radius 3 is 3.06 bits per heavy atom. The van der Waals surface area contributed by atoms with Crippen molar-refractivity contribution in [3.8, 4) is 0 Å². The quantitative estimate of drug-likeness (QED) is 0.712. The monoisotopic (exact) mass is 220 g/mol. The summed E-state index contributed by atoms with van der Waals surface area (Å²) in [6, 6.07) is 1.60. The fourth-order valence-corrected chi connectivity index (χ4v) is 1.58. The Hall–Kier alpha value is -1.45.